The van der Waals surface area contributed by atoms with Crippen molar-refractivity contribution in [2.24, 2.45) is 10.9 Å². The third-order valence-corrected chi connectivity index (χ3v) is 2.55. The molecule has 0 saturated heterocycles. The number of aryl methyl sites for hydroxylation is 1. The van der Waals surface area contributed by atoms with Gasteiger partial charge in [0.15, 0.2) is 5.84 Å². The van der Waals surface area contributed by atoms with Gasteiger partial charge in [-0.25, -0.2) is 9.97 Å². The second kappa shape index (κ2) is 5.81. The van der Waals surface area contributed by atoms with E-state index in [0.717, 1.165) is 6.42 Å². The number of amidine groups is 1. The lowest BCUT2D eigenvalue weighted by molar-refractivity contribution is 0.318. The zero-order valence-corrected chi connectivity index (χ0v) is 10.4. The summed E-state index contributed by atoms with van der Waals surface area (Å²) in [6.45, 7) is 2.09. The van der Waals surface area contributed by atoms with E-state index in [9.17, 15) is 0 Å². The third kappa shape index (κ3) is 3.19. The maximum atomic E-state index is 8.51. The lowest BCUT2D eigenvalue weighted by atomic mass is 10.2. The van der Waals surface area contributed by atoms with Crippen molar-refractivity contribution in [3.05, 3.63) is 47.9 Å². The number of aromatic nitrogens is 2. The summed E-state index contributed by atoms with van der Waals surface area (Å²) in [5.41, 5.74) is 6.91. The third-order valence-electron chi connectivity index (χ3n) is 2.55. The molecule has 0 spiro atoms. The molecule has 0 fully saturated rings. The Bertz CT molecular complexity index is 564. The Balaban J connectivity index is 2.10. The van der Waals surface area contributed by atoms with Crippen LogP contribution in [0.5, 0.6) is 11.6 Å². The summed E-state index contributed by atoms with van der Waals surface area (Å²) in [5.74, 6) is 0.938. The van der Waals surface area contributed by atoms with Gasteiger partial charge in [0, 0.05) is 0 Å². The summed E-state index contributed by atoms with van der Waals surface area (Å²) >= 11 is 0. The van der Waals surface area contributed by atoms with Crippen molar-refractivity contribution in [3.8, 4) is 11.6 Å². The molecule has 1 heterocycles. The number of benzene rings is 1. The quantitative estimate of drug-likeness (QED) is 0.378. The molecule has 0 amide bonds. The number of oxime groups is 1. The summed E-state index contributed by atoms with van der Waals surface area (Å²) in [6, 6.07) is 7.73. The molecule has 0 saturated carbocycles. The van der Waals surface area contributed by atoms with Gasteiger partial charge in [0.1, 0.15) is 11.4 Å². The molecular weight excluding hydrogens is 244 g/mol. The fourth-order valence-corrected chi connectivity index (χ4v) is 1.47. The highest BCUT2D eigenvalue weighted by Gasteiger charge is 2.03. The van der Waals surface area contributed by atoms with Gasteiger partial charge in [-0.1, -0.05) is 24.2 Å². The minimum absolute atomic E-state index is 0.0913. The average molecular weight is 258 g/mol. The Hall–Kier alpha value is -2.63. The molecule has 0 radical (unpaired) electrons. The van der Waals surface area contributed by atoms with E-state index in [0.29, 0.717) is 11.6 Å². The highest BCUT2D eigenvalue weighted by molar-refractivity contribution is 5.94. The molecule has 0 aliphatic carbocycles. The molecule has 0 bridgehead atoms. The van der Waals surface area contributed by atoms with Gasteiger partial charge >= 0.3 is 0 Å². The number of rotatable bonds is 4. The number of ether oxygens (including phenoxy) is 1. The molecule has 6 nitrogen and oxygen atoms in total. The van der Waals surface area contributed by atoms with Crippen molar-refractivity contribution in [2.75, 3.05) is 0 Å². The molecule has 3 N–H and O–H groups in total. The van der Waals surface area contributed by atoms with Crippen LogP contribution in [0.2, 0.25) is 0 Å². The number of nitrogens with two attached hydrogens (primary N) is 1. The minimum atomic E-state index is -0.0913. The van der Waals surface area contributed by atoms with Crippen molar-refractivity contribution in [1.29, 1.82) is 0 Å². The molecule has 0 aliphatic rings. The zero-order valence-electron chi connectivity index (χ0n) is 10.4. The van der Waals surface area contributed by atoms with Gasteiger partial charge in [-0.3, -0.25) is 0 Å². The molecule has 6 heteroatoms. The van der Waals surface area contributed by atoms with Gasteiger partial charge in [0.05, 0.1) is 12.4 Å². The predicted molar refractivity (Wildman–Crippen MR) is 70.4 cm³/mol. The van der Waals surface area contributed by atoms with E-state index in [1.54, 1.807) is 0 Å². The van der Waals surface area contributed by atoms with E-state index in [4.69, 9.17) is 15.7 Å². The van der Waals surface area contributed by atoms with Crippen LogP contribution in [0.25, 0.3) is 0 Å². The van der Waals surface area contributed by atoms with E-state index in [-0.39, 0.29) is 11.5 Å². The SMILES string of the molecule is CCc1ccc(Oc2cnc(C(N)=NO)cn2)cc1. The van der Waals surface area contributed by atoms with Crippen LogP contribution in [-0.2, 0) is 6.42 Å². The summed E-state index contributed by atoms with van der Waals surface area (Å²) in [4.78, 5) is 8.00. The van der Waals surface area contributed by atoms with Crippen molar-refractivity contribution in [1.82, 2.24) is 9.97 Å². The van der Waals surface area contributed by atoms with Crippen LogP contribution in [0.1, 0.15) is 18.2 Å². The van der Waals surface area contributed by atoms with Crippen LogP contribution in [0.4, 0.5) is 0 Å². The fraction of sp³-hybridized carbons (Fsp3) is 0.154. The Morgan fingerprint density at radius 3 is 2.53 bits per heavy atom. The normalized spacial score (nSPS) is 11.3. The van der Waals surface area contributed by atoms with E-state index >= 15 is 0 Å². The first-order chi connectivity index (χ1) is 9.22. The van der Waals surface area contributed by atoms with E-state index < -0.39 is 0 Å². The lowest BCUT2D eigenvalue weighted by Gasteiger charge is -2.05. The molecule has 19 heavy (non-hydrogen) atoms. The molecule has 2 rings (SSSR count). The topological polar surface area (TPSA) is 93.6 Å². The number of hydrogen-bond acceptors (Lipinski definition) is 5. The Morgan fingerprint density at radius 2 is 2.00 bits per heavy atom. The number of nitrogens with zero attached hydrogens (tertiary/aromatic N) is 3. The van der Waals surface area contributed by atoms with Gasteiger partial charge in [-0.15, -0.1) is 0 Å². The minimum Gasteiger partial charge on any atom is -0.438 e. The van der Waals surface area contributed by atoms with Gasteiger partial charge in [-0.2, -0.15) is 0 Å². The van der Waals surface area contributed by atoms with Crippen LogP contribution < -0.4 is 10.5 Å². The summed E-state index contributed by atoms with van der Waals surface area (Å²) in [7, 11) is 0. The molecule has 0 unspecified atom stereocenters. The van der Waals surface area contributed by atoms with Crippen LogP contribution >= 0.6 is 0 Å². The highest BCUT2D eigenvalue weighted by atomic mass is 16.5. The molecule has 0 atom stereocenters. The fourth-order valence-electron chi connectivity index (χ4n) is 1.47. The van der Waals surface area contributed by atoms with Crippen molar-refractivity contribution < 1.29 is 9.94 Å². The predicted octanol–water partition coefficient (Wildman–Crippen LogP) is 1.93. The van der Waals surface area contributed by atoms with E-state index in [1.165, 1.54) is 18.0 Å². The Morgan fingerprint density at radius 1 is 1.26 bits per heavy atom. The van der Waals surface area contributed by atoms with Gasteiger partial charge in [0.2, 0.25) is 5.88 Å². The van der Waals surface area contributed by atoms with E-state index in [1.807, 2.05) is 24.3 Å². The second-order valence-electron chi connectivity index (χ2n) is 3.82. The Kier molecular flexibility index (Phi) is 3.92. The van der Waals surface area contributed by atoms with Crippen molar-refractivity contribution in [3.63, 3.8) is 0 Å². The zero-order chi connectivity index (χ0) is 13.7. The molecule has 1 aromatic carbocycles. The smallest absolute Gasteiger partial charge is 0.237 e. The van der Waals surface area contributed by atoms with E-state index in [2.05, 4.69) is 22.0 Å². The largest absolute Gasteiger partial charge is 0.438 e. The van der Waals surface area contributed by atoms with Crippen molar-refractivity contribution in [2.45, 2.75) is 13.3 Å². The number of hydrogen-bond donors (Lipinski definition) is 2. The standard InChI is InChI=1S/C13H14N4O2/c1-2-9-3-5-10(6-4-9)19-12-8-15-11(7-16-12)13(14)17-18/h3-8,18H,2H2,1H3,(H2,14,17). The molecule has 98 valence electrons. The van der Waals surface area contributed by atoms with Crippen LogP contribution in [0.15, 0.2) is 41.8 Å². The van der Waals surface area contributed by atoms with Gasteiger partial charge < -0.3 is 15.7 Å². The maximum Gasteiger partial charge on any atom is 0.237 e. The first-order valence-electron chi connectivity index (χ1n) is 5.79. The lowest BCUT2D eigenvalue weighted by Crippen LogP contribution is -2.15. The monoisotopic (exact) mass is 258 g/mol. The molecule has 1 aromatic heterocycles. The van der Waals surface area contributed by atoms with Crippen LogP contribution in [0, 0.1) is 0 Å². The average Bonchev–Trinajstić information content (AvgIpc) is 2.48. The molecule has 0 aliphatic heterocycles. The molecular formula is C13H14N4O2. The summed E-state index contributed by atoms with van der Waals surface area (Å²) < 4.78 is 5.53. The summed E-state index contributed by atoms with van der Waals surface area (Å²) in [6.07, 6.45) is 3.78. The second-order valence-corrected chi connectivity index (χ2v) is 3.82. The highest BCUT2D eigenvalue weighted by Crippen LogP contribution is 2.19. The Labute approximate surface area is 110 Å². The van der Waals surface area contributed by atoms with Gasteiger partial charge in [0.25, 0.3) is 0 Å². The van der Waals surface area contributed by atoms with Crippen molar-refractivity contribution >= 4 is 5.84 Å². The van der Waals surface area contributed by atoms with Gasteiger partial charge in [-0.05, 0) is 24.1 Å². The first kappa shape index (κ1) is 12.8. The van der Waals surface area contributed by atoms with Crippen LogP contribution in [0.3, 0.4) is 0 Å². The molecule has 2 aromatic rings. The summed E-state index contributed by atoms with van der Waals surface area (Å²) in [5, 5.41) is 11.3. The van der Waals surface area contributed by atoms with Crippen LogP contribution in [-0.4, -0.2) is 21.0 Å². The first-order valence-corrected chi connectivity index (χ1v) is 5.79. The maximum absolute atomic E-state index is 8.51.